The number of nitrogen functional groups attached to an aromatic ring is 1. The Balaban J connectivity index is 3.37. The number of hydrogen-bond donors (Lipinski definition) is 2. The van der Waals surface area contributed by atoms with Crippen LogP contribution in [0, 0.1) is 0 Å². The van der Waals surface area contributed by atoms with Crippen LogP contribution in [-0.4, -0.2) is 16.1 Å². The molecule has 1 rings (SSSR count). The van der Waals surface area contributed by atoms with E-state index < -0.39 is 23.7 Å². The van der Waals surface area contributed by atoms with Gasteiger partial charge in [-0.15, -0.1) is 11.6 Å². The molecule has 7 heteroatoms. The van der Waals surface area contributed by atoms with Gasteiger partial charge in [-0.2, -0.15) is 0 Å². The molecule has 0 radical (unpaired) electrons. The Labute approximate surface area is 88.7 Å². The highest BCUT2D eigenvalue weighted by atomic mass is 35.5. The maximum Gasteiger partial charge on any atom is 0.354 e. The molecule has 0 bridgehead atoms. The van der Waals surface area contributed by atoms with Crippen LogP contribution in [0.2, 0.25) is 0 Å². The molecule has 0 fully saturated rings. The van der Waals surface area contributed by atoms with Gasteiger partial charge >= 0.3 is 5.97 Å². The summed E-state index contributed by atoms with van der Waals surface area (Å²) in [5.41, 5.74) is 3.88. The molecule has 4 nitrogen and oxygen atoms in total. The largest absolute Gasteiger partial charge is 0.477 e. The standard InChI is InChI=1S/C8H7ClF2N2O2/c9-2-5-6(7(10)11)3(12)1-4(13-5)8(14)15/h1,7H,2H2,(H2,12,13)(H,14,15). The Morgan fingerprint density at radius 2 is 2.27 bits per heavy atom. The lowest BCUT2D eigenvalue weighted by molar-refractivity contribution is 0.0689. The third-order valence-corrected chi connectivity index (χ3v) is 1.99. The fourth-order valence-corrected chi connectivity index (χ4v) is 1.30. The fraction of sp³-hybridized carbons (Fsp3) is 0.250. The van der Waals surface area contributed by atoms with Crippen molar-refractivity contribution in [2.45, 2.75) is 12.3 Å². The van der Waals surface area contributed by atoms with Gasteiger partial charge in [-0.05, 0) is 6.07 Å². The van der Waals surface area contributed by atoms with Gasteiger partial charge in [0.05, 0.1) is 17.1 Å². The van der Waals surface area contributed by atoms with E-state index in [0.29, 0.717) is 0 Å². The molecule has 1 heterocycles. The zero-order valence-electron chi connectivity index (χ0n) is 7.38. The molecule has 1 aromatic heterocycles. The van der Waals surface area contributed by atoms with E-state index >= 15 is 0 Å². The van der Waals surface area contributed by atoms with Crippen molar-refractivity contribution in [1.82, 2.24) is 4.98 Å². The predicted molar refractivity (Wildman–Crippen MR) is 50.1 cm³/mol. The van der Waals surface area contributed by atoms with Crippen LogP contribution < -0.4 is 5.73 Å². The lowest BCUT2D eigenvalue weighted by atomic mass is 10.1. The predicted octanol–water partition coefficient (Wildman–Crippen LogP) is 2.04. The minimum absolute atomic E-state index is 0.205. The number of hydrogen-bond acceptors (Lipinski definition) is 3. The van der Waals surface area contributed by atoms with Crippen LogP contribution in [0.25, 0.3) is 0 Å². The van der Waals surface area contributed by atoms with Gasteiger partial charge < -0.3 is 10.8 Å². The number of aromatic nitrogens is 1. The van der Waals surface area contributed by atoms with E-state index in [4.69, 9.17) is 22.4 Å². The van der Waals surface area contributed by atoms with Crippen molar-refractivity contribution in [3.05, 3.63) is 23.0 Å². The first-order valence-corrected chi connectivity index (χ1v) is 4.37. The minimum atomic E-state index is -2.82. The average molecular weight is 237 g/mol. The van der Waals surface area contributed by atoms with E-state index in [-0.39, 0.29) is 17.3 Å². The van der Waals surface area contributed by atoms with Crippen LogP contribution in [0.3, 0.4) is 0 Å². The van der Waals surface area contributed by atoms with Crippen molar-refractivity contribution < 1.29 is 18.7 Å². The number of aromatic carboxylic acids is 1. The first kappa shape index (κ1) is 11.6. The van der Waals surface area contributed by atoms with Gasteiger partial charge in [0.1, 0.15) is 0 Å². The Kier molecular flexibility index (Phi) is 3.41. The number of alkyl halides is 3. The molecule has 1 aromatic rings. The lowest BCUT2D eigenvalue weighted by Gasteiger charge is -2.09. The number of carboxylic acids is 1. The number of carboxylic acid groups (broad SMARTS) is 1. The number of pyridine rings is 1. The zero-order chi connectivity index (χ0) is 11.6. The number of carbonyl (C=O) groups is 1. The number of halogens is 3. The van der Waals surface area contributed by atoms with Crippen LogP contribution in [0.4, 0.5) is 14.5 Å². The highest BCUT2D eigenvalue weighted by Crippen LogP contribution is 2.29. The SMILES string of the molecule is Nc1cc(C(=O)O)nc(CCl)c1C(F)F. The molecule has 0 amide bonds. The van der Waals surface area contributed by atoms with Crippen molar-refractivity contribution >= 4 is 23.3 Å². The van der Waals surface area contributed by atoms with Crippen LogP contribution in [0.15, 0.2) is 6.07 Å². The van der Waals surface area contributed by atoms with Gasteiger partial charge in [0.2, 0.25) is 0 Å². The fourth-order valence-electron chi connectivity index (χ4n) is 1.09. The van der Waals surface area contributed by atoms with Gasteiger partial charge in [-0.25, -0.2) is 18.6 Å². The summed E-state index contributed by atoms with van der Waals surface area (Å²) < 4.78 is 25.0. The monoisotopic (exact) mass is 236 g/mol. The second-order valence-corrected chi connectivity index (χ2v) is 2.96. The molecule has 0 saturated carbocycles. The van der Waals surface area contributed by atoms with E-state index in [1.54, 1.807) is 0 Å². The topological polar surface area (TPSA) is 76.2 Å². The zero-order valence-corrected chi connectivity index (χ0v) is 8.13. The molecular weight excluding hydrogens is 230 g/mol. The van der Waals surface area contributed by atoms with Crippen LogP contribution in [0.5, 0.6) is 0 Å². The van der Waals surface area contributed by atoms with E-state index in [1.165, 1.54) is 0 Å². The molecule has 0 saturated heterocycles. The van der Waals surface area contributed by atoms with E-state index in [2.05, 4.69) is 4.98 Å². The van der Waals surface area contributed by atoms with Crippen molar-refractivity contribution in [3.8, 4) is 0 Å². The molecular formula is C8H7ClF2N2O2. The Morgan fingerprint density at radius 3 is 2.67 bits per heavy atom. The summed E-state index contributed by atoms with van der Waals surface area (Å²) in [6.07, 6.45) is -2.82. The smallest absolute Gasteiger partial charge is 0.354 e. The highest BCUT2D eigenvalue weighted by Gasteiger charge is 2.20. The molecule has 0 aliphatic carbocycles. The third kappa shape index (κ3) is 2.33. The second-order valence-electron chi connectivity index (χ2n) is 2.70. The van der Waals surface area contributed by atoms with Crippen molar-refractivity contribution in [3.63, 3.8) is 0 Å². The van der Waals surface area contributed by atoms with Crippen molar-refractivity contribution in [1.29, 1.82) is 0 Å². The molecule has 3 N–H and O–H groups in total. The molecule has 82 valence electrons. The van der Waals surface area contributed by atoms with Crippen molar-refractivity contribution in [2.75, 3.05) is 5.73 Å². The number of nitrogens with two attached hydrogens (primary N) is 1. The molecule has 0 aromatic carbocycles. The highest BCUT2D eigenvalue weighted by molar-refractivity contribution is 6.17. The summed E-state index contributed by atoms with van der Waals surface area (Å²) in [4.78, 5) is 14.0. The van der Waals surface area contributed by atoms with E-state index in [9.17, 15) is 13.6 Å². The summed E-state index contributed by atoms with van der Waals surface area (Å²) in [7, 11) is 0. The van der Waals surface area contributed by atoms with Gasteiger partial charge in [0, 0.05) is 5.69 Å². The summed E-state index contributed by atoms with van der Waals surface area (Å²) in [5.74, 6) is -1.65. The van der Waals surface area contributed by atoms with Crippen molar-refractivity contribution in [2.24, 2.45) is 0 Å². The van der Waals surface area contributed by atoms with E-state index in [1.807, 2.05) is 0 Å². The second kappa shape index (κ2) is 4.39. The Morgan fingerprint density at radius 1 is 1.67 bits per heavy atom. The van der Waals surface area contributed by atoms with Crippen LogP contribution >= 0.6 is 11.6 Å². The normalized spacial score (nSPS) is 10.7. The molecule has 0 spiro atoms. The number of nitrogens with zero attached hydrogens (tertiary/aromatic N) is 1. The summed E-state index contributed by atoms with van der Waals surface area (Å²) in [6.45, 7) is 0. The number of anilines is 1. The maximum atomic E-state index is 12.5. The van der Waals surface area contributed by atoms with Crippen LogP contribution in [-0.2, 0) is 5.88 Å². The molecule has 0 unspecified atom stereocenters. The molecule has 0 aliphatic heterocycles. The molecule has 0 atom stereocenters. The first-order chi connectivity index (χ1) is 6.97. The van der Waals surface area contributed by atoms with Gasteiger partial charge in [-0.1, -0.05) is 0 Å². The molecule has 0 aliphatic rings. The molecule has 15 heavy (non-hydrogen) atoms. The first-order valence-electron chi connectivity index (χ1n) is 3.84. The van der Waals surface area contributed by atoms with E-state index in [0.717, 1.165) is 6.07 Å². The minimum Gasteiger partial charge on any atom is -0.477 e. The Hall–Kier alpha value is -1.43. The van der Waals surface area contributed by atoms with Crippen LogP contribution in [0.1, 0.15) is 28.2 Å². The third-order valence-electron chi connectivity index (χ3n) is 1.73. The summed E-state index contributed by atoms with van der Waals surface area (Å²) in [6, 6.07) is 0.889. The summed E-state index contributed by atoms with van der Waals surface area (Å²) >= 11 is 5.38. The van der Waals surface area contributed by atoms with Gasteiger partial charge in [0.15, 0.2) is 5.69 Å². The van der Waals surface area contributed by atoms with Gasteiger partial charge in [0.25, 0.3) is 6.43 Å². The Bertz CT molecular complexity index is 398. The quantitative estimate of drug-likeness (QED) is 0.788. The lowest BCUT2D eigenvalue weighted by Crippen LogP contribution is -2.09. The maximum absolute atomic E-state index is 12.5. The number of rotatable bonds is 3. The summed E-state index contributed by atoms with van der Waals surface area (Å²) in [5, 5.41) is 8.61. The average Bonchev–Trinajstić information content (AvgIpc) is 2.15. The van der Waals surface area contributed by atoms with Gasteiger partial charge in [-0.3, -0.25) is 0 Å².